The minimum Gasteiger partial charge on any atom is -0.495 e. The lowest BCUT2D eigenvalue weighted by Crippen LogP contribution is -2.37. The topological polar surface area (TPSA) is 84.9 Å². The van der Waals surface area contributed by atoms with E-state index in [9.17, 15) is 13.2 Å². The van der Waals surface area contributed by atoms with Gasteiger partial charge in [0.1, 0.15) is 11.5 Å². The van der Waals surface area contributed by atoms with Crippen molar-refractivity contribution < 1.29 is 22.7 Å². The fourth-order valence-electron chi connectivity index (χ4n) is 3.41. The molecule has 0 radical (unpaired) electrons. The summed E-state index contributed by atoms with van der Waals surface area (Å²) in [5, 5.41) is 3.03. The number of benzene rings is 3. The van der Waals surface area contributed by atoms with Crippen molar-refractivity contribution >= 4 is 33.2 Å². The Labute approximate surface area is 205 Å². The number of aryl methyl sites for hydroxylation is 2. The van der Waals surface area contributed by atoms with Crippen LogP contribution in [0.3, 0.4) is 0 Å². The van der Waals surface area contributed by atoms with E-state index in [-0.39, 0.29) is 11.4 Å². The lowest BCUT2D eigenvalue weighted by atomic mass is 10.1. The van der Waals surface area contributed by atoms with Gasteiger partial charge in [0.25, 0.3) is 0 Å². The number of hydrogen-bond acceptors (Lipinski definition) is 5. The molecule has 1 amide bonds. The second kappa shape index (κ2) is 10.9. The zero-order valence-electron chi connectivity index (χ0n) is 19.5. The Balaban J connectivity index is 1.92. The summed E-state index contributed by atoms with van der Waals surface area (Å²) in [7, 11) is -1.06. The van der Waals surface area contributed by atoms with Crippen molar-refractivity contribution in [2.75, 3.05) is 26.1 Å². The lowest BCUT2D eigenvalue weighted by Gasteiger charge is -2.23. The van der Waals surface area contributed by atoms with Crippen molar-refractivity contribution in [3.63, 3.8) is 0 Å². The number of methoxy groups -OCH3 is 2. The molecule has 0 aliphatic carbocycles. The van der Waals surface area contributed by atoms with Crippen LogP contribution in [-0.4, -0.2) is 39.4 Å². The summed E-state index contributed by atoms with van der Waals surface area (Å²) in [5.74, 6) is 0.137. The zero-order chi connectivity index (χ0) is 24.9. The summed E-state index contributed by atoms with van der Waals surface area (Å²) in [6.45, 7) is 3.43. The van der Waals surface area contributed by atoms with Gasteiger partial charge in [-0.05, 0) is 31.5 Å². The third-order valence-electron chi connectivity index (χ3n) is 5.17. The van der Waals surface area contributed by atoms with Gasteiger partial charge in [0, 0.05) is 18.7 Å². The van der Waals surface area contributed by atoms with Crippen LogP contribution in [0.2, 0.25) is 5.02 Å². The van der Waals surface area contributed by atoms with Crippen LogP contribution >= 0.6 is 11.6 Å². The first-order valence-corrected chi connectivity index (χ1v) is 12.3. The average Bonchev–Trinajstić information content (AvgIpc) is 2.79. The monoisotopic (exact) mass is 502 g/mol. The molecule has 0 atom stereocenters. The molecule has 3 aromatic rings. The average molecular weight is 503 g/mol. The van der Waals surface area contributed by atoms with Crippen LogP contribution in [0.1, 0.15) is 16.7 Å². The van der Waals surface area contributed by atoms with Crippen LogP contribution in [-0.2, 0) is 21.4 Å². The number of carbonyl (C=O) groups excluding carboxylic acids is 1. The quantitative estimate of drug-likeness (QED) is 0.454. The van der Waals surface area contributed by atoms with Crippen LogP contribution < -0.4 is 14.8 Å². The van der Waals surface area contributed by atoms with Crippen molar-refractivity contribution in [2.24, 2.45) is 0 Å². The molecule has 0 bridgehead atoms. The van der Waals surface area contributed by atoms with E-state index in [2.05, 4.69) is 5.32 Å². The highest BCUT2D eigenvalue weighted by molar-refractivity contribution is 7.89. The summed E-state index contributed by atoms with van der Waals surface area (Å²) in [6, 6.07) is 17.1. The van der Waals surface area contributed by atoms with Gasteiger partial charge in [-0.15, -0.1) is 0 Å². The van der Waals surface area contributed by atoms with E-state index in [1.807, 2.05) is 38.1 Å². The molecular formula is C25H27ClN2O5S. The van der Waals surface area contributed by atoms with Gasteiger partial charge in [-0.25, -0.2) is 8.42 Å². The Morgan fingerprint density at radius 1 is 0.941 bits per heavy atom. The van der Waals surface area contributed by atoms with Gasteiger partial charge in [0.2, 0.25) is 15.9 Å². The molecule has 1 N–H and O–H groups in total. The largest absolute Gasteiger partial charge is 0.495 e. The molecule has 9 heteroatoms. The van der Waals surface area contributed by atoms with Crippen LogP contribution in [0.25, 0.3) is 0 Å². The number of anilines is 1. The predicted octanol–water partition coefficient (Wildman–Crippen LogP) is 4.80. The normalized spacial score (nSPS) is 11.4. The SMILES string of the molecule is COc1cc(NC(=O)CN(Cc2cccc(C)c2)S(=O)(=O)c2ccc(C)cc2)c(OC)cc1Cl. The molecule has 7 nitrogen and oxygen atoms in total. The number of carbonyl (C=O) groups is 1. The number of sulfonamides is 1. The maximum Gasteiger partial charge on any atom is 0.243 e. The zero-order valence-corrected chi connectivity index (χ0v) is 21.0. The van der Waals surface area contributed by atoms with Gasteiger partial charge in [-0.1, -0.05) is 59.1 Å². The summed E-state index contributed by atoms with van der Waals surface area (Å²) < 4.78 is 38.6. The van der Waals surface area contributed by atoms with E-state index < -0.39 is 22.5 Å². The first kappa shape index (κ1) is 25.6. The molecule has 0 spiro atoms. The standard InChI is InChI=1S/C25H27ClN2O5S/c1-17-8-10-20(11-9-17)34(30,31)28(15-19-7-5-6-18(2)12-19)16-25(29)27-22-14-23(32-3)21(26)13-24(22)33-4/h5-14H,15-16H2,1-4H3,(H,27,29). The first-order valence-electron chi connectivity index (χ1n) is 10.5. The smallest absolute Gasteiger partial charge is 0.243 e. The Bertz CT molecular complexity index is 1280. The molecule has 0 aromatic heterocycles. The molecule has 180 valence electrons. The van der Waals surface area contributed by atoms with E-state index >= 15 is 0 Å². The molecular weight excluding hydrogens is 476 g/mol. The number of nitrogens with one attached hydrogen (secondary N) is 1. The van der Waals surface area contributed by atoms with Gasteiger partial charge in [0.05, 0.1) is 36.4 Å². The van der Waals surface area contributed by atoms with E-state index in [0.717, 1.165) is 21.0 Å². The van der Waals surface area contributed by atoms with Crippen molar-refractivity contribution in [3.05, 3.63) is 82.4 Å². The Hall–Kier alpha value is -3.07. The minimum atomic E-state index is -3.96. The Kier molecular flexibility index (Phi) is 8.19. The minimum absolute atomic E-state index is 0.0341. The first-order chi connectivity index (χ1) is 16.1. The Morgan fingerprint density at radius 3 is 2.24 bits per heavy atom. The summed E-state index contributed by atoms with van der Waals surface area (Å²) >= 11 is 6.14. The fourth-order valence-corrected chi connectivity index (χ4v) is 5.02. The highest BCUT2D eigenvalue weighted by atomic mass is 35.5. The molecule has 0 aliphatic heterocycles. The highest BCUT2D eigenvalue weighted by Gasteiger charge is 2.27. The molecule has 34 heavy (non-hydrogen) atoms. The molecule has 0 saturated heterocycles. The van der Waals surface area contributed by atoms with Crippen molar-refractivity contribution in [1.82, 2.24) is 4.31 Å². The predicted molar refractivity (Wildman–Crippen MR) is 133 cm³/mol. The second-order valence-electron chi connectivity index (χ2n) is 7.81. The van der Waals surface area contributed by atoms with Crippen LogP contribution in [0.4, 0.5) is 5.69 Å². The van der Waals surface area contributed by atoms with Crippen molar-refractivity contribution in [1.29, 1.82) is 0 Å². The number of amides is 1. The van der Waals surface area contributed by atoms with Crippen molar-refractivity contribution in [2.45, 2.75) is 25.3 Å². The van der Waals surface area contributed by atoms with Crippen LogP contribution in [0.15, 0.2) is 65.6 Å². The maximum absolute atomic E-state index is 13.5. The summed E-state index contributed by atoms with van der Waals surface area (Å²) in [5.41, 5.74) is 3.02. The molecule has 3 aromatic carbocycles. The van der Waals surface area contributed by atoms with Crippen molar-refractivity contribution in [3.8, 4) is 11.5 Å². The third-order valence-corrected chi connectivity index (χ3v) is 7.27. The van der Waals surface area contributed by atoms with Crippen LogP contribution in [0.5, 0.6) is 11.5 Å². The number of hydrogen-bond donors (Lipinski definition) is 1. The van der Waals surface area contributed by atoms with E-state index in [1.165, 1.54) is 26.4 Å². The number of nitrogens with zero attached hydrogens (tertiary/aromatic N) is 1. The van der Waals surface area contributed by atoms with Gasteiger partial charge >= 0.3 is 0 Å². The lowest BCUT2D eigenvalue weighted by molar-refractivity contribution is -0.116. The van der Waals surface area contributed by atoms with E-state index in [0.29, 0.717) is 22.2 Å². The van der Waals surface area contributed by atoms with E-state index in [4.69, 9.17) is 21.1 Å². The maximum atomic E-state index is 13.5. The van der Waals surface area contributed by atoms with Gasteiger partial charge < -0.3 is 14.8 Å². The Morgan fingerprint density at radius 2 is 1.62 bits per heavy atom. The number of ether oxygens (including phenoxy) is 2. The molecule has 0 heterocycles. The molecule has 3 rings (SSSR count). The molecule has 0 fully saturated rings. The fraction of sp³-hybridized carbons (Fsp3) is 0.240. The number of rotatable bonds is 9. The van der Waals surface area contributed by atoms with Gasteiger partial charge in [-0.3, -0.25) is 4.79 Å². The van der Waals surface area contributed by atoms with Gasteiger partial charge in [0.15, 0.2) is 0 Å². The summed E-state index contributed by atoms with van der Waals surface area (Å²) in [6.07, 6.45) is 0. The highest BCUT2D eigenvalue weighted by Crippen LogP contribution is 2.36. The van der Waals surface area contributed by atoms with Gasteiger partial charge in [-0.2, -0.15) is 4.31 Å². The van der Waals surface area contributed by atoms with Crippen LogP contribution in [0, 0.1) is 13.8 Å². The molecule has 0 saturated carbocycles. The van der Waals surface area contributed by atoms with E-state index in [1.54, 1.807) is 24.3 Å². The number of halogens is 1. The third kappa shape index (κ3) is 6.08. The molecule has 0 aliphatic rings. The molecule has 0 unspecified atom stereocenters. The second-order valence-corrected chi connectivity index (χ2v) is 10.2. The summed E-state index contributed by atoms with van der Waals surface area (Å²) in [4.78, 5) is 13.1.